The molecular formula is C19H20F3N3O. The monoisotopic (exact) mass is 363 g/mol. The van der Waals surface area contributed by atoms with Crippen molar-refractivity contribution in [1.29, 1.82) is 0 Å². The number of hydrogen-bond donors (Lipinski definition) is 1. The molecule has 1 aliphatic rings. The topological polar surface area (TPSA) is 49.6 Å². The van der Waals surface area contributed by atoms with Crippen molar-refractivity contribution < 1.29 is 18.0 Å². The Bertz CT molecular complexity index is 846. The summed E-state index contributed by atoms with van der Waals surface area (Å²) in [6.07, 6.45) is -3.96. The molecule has 7 heteroatoms. The molecule has 2 aromatic rings. The minimum absolute atomic E-state index is 0.323. The summed E-state index contributed by atoms with van der Waals surface area (Å²) in [5, 5.41) is 0. The number of carbonyl (C=O) groups is 1. The van der Waals surface area contributed by atoms with Gasteiger partial charge in [0.25, 0.3) is 5.91 Å². The third kappa shape index (κ3) is 3.39. The van der Waals surface area contributed by atoms with Gasteiger partial charge in [-0.25, -0.2) is 0 Å². The maximum atomic E-state index is 13.2. The van der Waals surface area contributed by atoms with Gasteiger partial charge in [0.2, 0.25) is 0 Å². The molecule has 138 valence electrons. The van der Waals surface area contributed by atoms with E-state index in [1.165, 1.54) is 6.07 Å². The van der Waals surface area contributed by atoms with Crippen molar-refractivity contribution in [3.8, 4) is 0 Å². The Balaban J connectivity index is 2.17. The molecule has 0 saturated carbocycles. The van der Waals surface area contributed by atoms with Crippen LogP contribution in [-0.4, -0.2) is 38.0 Å². The number of amides is 1. The highest BCUT2D eigenvalue weighted by molar-refractivity contribution is 6.01. The molecule has 0 spiro atoms. The van der Waals surface area contributed by atoms with Crippen molar-refractivity contribution in [2.24, 2.45) is 5.73 Å². The molecule has 0 radical (unpaired) electrons. The second-order valence-electron chi connectivity index (χ2n) is 6.65. The van der Waals surface area contributed by atoms with Gasteiger partial charge >= 0.3 is 6.18 Å². The van der Waals surface area contributed by atoms with Crippen LogP contribution < -0.4 is 10.6 Å². The first-order valence-corrected chi connectivity index (χ1v) is 8.22. The summed E-state index contributed by atoms with van der Waals surface area (Å²) in [5.41, 5.74) is 7.90. The van der Waals surface area contributed by atoms with Crippen molar-refractivity contribution in [3.63, 3.8) is 0 Å². The van der Waals surface area contributed by atoms with Crippen LogP contribution in [0.5, 0.6) is 0 Å². The molecule has 2 aromatic carbocycles. The number of halogens is 3. The van der Waals surface area contributed by atoms with Crippen molar-refractivity contribution in [1.82, 2.24) is 4.90 Å². The molecule has 3 rings (SSSR count). The fraction of sp³-hybridized carbons (Fsp3) is 0.316. The molecule has 2 N–H and O–H groups in total. The average molecular weight is 363 g/mol. The molecule has 0 atom stereocenters. The van der Waals surface area contributed by atoms with E-state index in [-0.39, 0.29) is 0 Å². The number of alkyl halides is 3. The van der Waals surface area contributed by atoms with Gasteiger partial charge in [0, 0.05) is 25.2 Å². The smallest absolute Gasteiger partial charge is 0.366 e. The Kier molecular flexibility index (Phi) is 4.66. The van der Waals surface area contributed by atoms with Crippen molar-refractivity contribution in [3.05, 3.63) is 58.7 Å². The second-order valence-corrected chi connectivity index (χ2v) is 6.65. The van der Waals surface area contributed by atoms with E-state index in [1.54, 1.807) is 17.0 Å². The number of anilines is 2. The summed E-state index contributed by atoms with van der Waals surface area (Å²) < 4.78 is 39.6. The number of fused-ring (bicyclic) bond motifs is 2. The predicted molar refractivity (Wildman–Crippen MR) is 94.8 cm³/mol. The van der Waals surface area contributed by atoms with E-state index < -0.39 is 17.6 Å². The maximum Gasteiger partial charge on any atom is 0.416 e. The van der Waals surface area contributed by atoms with Gasteiger partial charge in [-0.15, -0.1) is 0 Å². The number of nitrogens with two attached hydrogens (primary N) is 1. The van der Waals surface area contributed by atoms with Crippen LogP contribution in [0.25, 0.3) is 0 Å². The Morgan fingerprint density at radius 1 is 1.19 bits per heavy atom. The number of para-hydroxylation sites is 1. The number of hydrogen-bond acceptors (Lipinski definition) is 3. The molecule has 0 aromatic heterocycles. The Morgan fingerprint density at radius 3 is 2.54 bits per heavy atom. The van der Waals surface area contributed by atoms with Crippen LogP contribution in [0.1, 0.15) is 27.0 Å². The Hall–Kier alpha value is -2.54. The molecule has 0 saturated heterocycles. The largest absolute Gasteiger partial charge is 0.416 e. The summed E-state index contributed by atoms with van der Waals surface area (Å²) >= 11 is 0. The van der Waals surface area contributed by atoms with Crippen LogP contribution in [-0.2, 0) is 12.6 Å². The molecule has 0 bridgehead atoms. The molecule has 4 nitrogen and oxygen atoms in total. The lowest BCUT2D eigenvalue weighted by Gasteiger charge is -2.35. The van der Waals surface area contributed by atoms with Gasteiger partial charge in [-0.2, -0.15) is 13.2 Å². The van der Waals surface area contributed by atoms with E-state index in [1.807, 2.05) is 25.1 Å². The minimum Gasteiger partial charge on any atom is -0.366 e. The van der Waals surface area contributed by atoms with E-state index in [9.17, 15) is 18.0 Å². The van der Waals surface area contributed by atoms with Crippen LogP contribution in [0.4, 0.5) is 24.5 Å². The minimum atomic E-state index is -4.42. The van der Waals surface area contributed by atoms with Gasteiger partial charge in [-0.05, 0) is 43.4 Å². The number of nitrogens with zero attached hydrogens (tertiary/aromatic N) is 2. The van der Waals surface area contributed by atoms with Gasteiger partial charge < -0.3 is 15.5 Å². The van der Waals surface area contributed by atoms with Crippen molar-refractivity contribution in [2.45, 2.75) is 12.6 Å². The van der Waals surface area contributed by atoms with Gasteiger partial charge in [0.1, 0.15) is 0 Å². The van der Waals surface area contributed by atoms with E-state index in [0.29, 0.717) is 36.4 Å². The van der Waals surface area contributed by atoms with Gasteiger partial charge in [-0.3, -0.25) is 4.79 Å². The molecule has 1 aliphatic heterocycles. The number of likely N-dealkylation sites (N-methyl/N-ethyl adjacent to an activating group) is 1. The molecule has 0 fully saturated rings. The third-order valence-corrected chi connectivity index (χ3v) is 4.51. The SMILES string of the molecule is CN(C)CCN1c2cc(C(F)(F)F)ccc2Cc2cccc(C(N)=O)c21. The zero-order valence-electron chi connectivity index (χ0n) is 14.6. The standard InChI is InChI=1S/C19H20F3N3O/c1-24(2)8-9-25-16-11-14(19(20,21)22)7-6-12(16)10-13-4-3-5-15(17(13)25)18(23)26/h3-7,11H,8-10H2,1-2H3,(H2,23,26). The highest BCUT2D eigenvalue weighted by Gasteiger charge is 2.33. The van der Waals surface area contributed by atoms with E-state index in [2.05, 4.69) is 0 Å². The molecular weight excluding hydrogens is 343 g/mol. The maximum absolute atomic E-state index is 13.2. The first-order valence-electron chi connectivity index (χ1n) is 8.22. The fourth-order valence-corrected chi connectivity index (χ4v) is 3.25. The molecule has 1 amide bonds. The second kappa shape index (κ2) is 6.64. The number of benzene rings is 2. The number of rotatable bonds is 4. The van der Waals surface area contributed by atoms with Crippen LogP contribution in [0.3, 0.4) is 0 Å². The lowest BCUT2D eigenvalue weighted by molar-refractivity contribution is -0.137. The zero-order valence-corrected chi connectivity index (χ0v) is 14.6. The molecule has 0 aliphatic carbocycles. The Labute approximate surface area is 150 Å². The highest BCUT2D eigenvalue weighted by atomic mass is 19.4. The molecule has 26 heavy (non-hydrogen) atoms. The lowest BCUT2D eigenvalue weighted by Crippen LogP contribution is -2.33. The van der Waals surface area contributed by atoms with E-state index in [4.69, 9.17) is 5.73 Å². The first kappa shape index (κ1) is 18.3. The van der Waals surface area contributed by atoms with Crippen molar-refractivity contribution >= 4 is 17.3 Å². The Morgan fingerprint density at radius 2 is 1.92 bits per heavy atom. The van der Waals surface area contributed by atoms with Crippen LogP contribution in [0, 0.1) is 0 Å². The summed E-state index contributed by atoms with van der Waals surface area (Å²) in [6.45, 7) is 1.06. The number of carbonyl (C=O) groups excluding carboxylic acids is 1. The van der Waals surface area contributed by atoms with Gasteiger partial charge in [0.15, 0.2) is 0 Å². The van der Waals surface area contributed by atoms with Gasteiger partial charge in [0.05, 0.1) is 16.8 Å². The summed E-state index contributed by atoms with van der Waals surface area (Å²) in [4.78, 5) is 15.6. The summed E-state index contributed by atoms with van der Waals surface area (Å²) in [7, 11) is 3.77. The van der Waals surface area contributed by atoms with E-state index in [0.717, 1.165) is 23.3 Å². The summed E-state index contributed by atoms with van der Waals surface area (Å²) in [6, 6.07) is 9.02. The zero-order chi connectivity index (χ0) is 19.1. The summed E-state index contributed by atoms with van der Waals surface area (Å²) in [5.74, 6) is -0.591. The van der Waals surface area contributed by atoms with E-state index >= 15 is 0 Å². The van der Waals surface area contributed by atoms with Gasteiger partial charge in [-0.1, -0.05) is 18.2 Å². The first-order chi connectivity index (χ1) is 12.2. The van der Waals surface area contributed by atoms with Crippen LogP contribution >= 0.6 is 0 Å². The quantitative estimate of drug-likeness (QED) is 0.906. The molecule has 1 heterocycles. The number of primary amides is 1. The molecule has 0 unspecified atom stereocenters. The van der Waals surface area contributed by atoms with Crippen LogP contribution in [0.15, 0.2) is 36.4 Å². The highest BCUT2D eigenvalue weighted by Crippen LogP contribution is 2.43. The van der Waals surface area contributed by atoms with Crippen molar-refractivity contribution in [2.75, 3.05) is 32.1 Å². The normalized spacial score (nSPS) is 13.5. The van der Waals surface area contributed by atoms with Crippen LogP contribution in [0.2, 0.25) is 0 Å². The lowest BCUT2D eigenvalue weighted by atomic mass is 9.91. The predicted octanol–water partition coefficient (Wildman–Crippen LogP) is 3.41. The average Bonchev–Trinajstić information content (AvgIpc) is 2.56. The third-order valence-electron chi connectivity index (χ3n) is 4.51. The fourth-order valence-electron chi connectivity index (χ4n) is 3.25.